The van der Waals surface area contributed by atoms with E-state index in [1.54, 1.807) is 30.5 Å². The lowest BCUT2D eigenvalue weighted by molar-refractivity contribution is 0.0727. The third-order valence-corrected chi connectivity index (χ3v) is 6.11. The van der Waals surface area contributed by atoms with E-state index in [1.807, 2.05) is 49.4 Å². The first-order valence-electron chi connectivity index (χ1n) is 9.52. The third-order valence-electron chi connectivity index (χ3n) is 4.23. The van der Waals surface area contributed by atoms with Crippen LogP contribution in [-0.4, -0.2) is 23.8 Å². The number of esters is 1. The van der Waals surface area contributed by atoms with Crippen LogP contribution >= 0.6 is 33.9 Å². The van der Waals surface area contributed by atoms with Gasteiger partial charge in [-0.25, -0.2) is 9.78 Å². The predicted molar refractivity (Wildman–Crippen MR) is 133 cm³/mol. The quantitative estimate of drug-likeness (QED) is 0.102. The number of nitrogens with zero attached hydrogens (tertiary/aromatic N) is 2. The number of fused-ring (bicyclic) bond motifs is 1. The van der Waals surface area contributed by atoms with Gasteiger partial charge in [0.05, 0.1) is 28.6 Å². The minimum atomic E-state index is -0.426. The van der Waals surface area contributed by atoms with Crippen molar-refractivity contribution in [2.24, 2.45) is 5.10 Å². The Morgan fingerprint density at radius 1 is 1.13 bits per heavy atom. The molecule has 0 atom stereocenters. The number of nitrogens with one attached hydrogen (secondary N) is 1. The minimum Gasteiger partial charge on any atom is -0.490 e. The molecule has 0 amide bonds. The molecule has 156 valence electrons. The summed E-state index contributed by atoms with van der Waals surface area (Å²) in [6.45, 7) is 2.32. The molecule has 6 nitrogen and oxygen atoms in total. The molecular weight excluding hydrogens is 525 g/mol. The second kappa shape index (κ2) is 9.88. The van der Waals surface area contributed by atoms with E-state index < -0.39 is 5.97 Å². The molecule has 0 aliphatic carbocycles. The molecule has 1 N–H and O–H groups in total. The van der Waals surface area contributed by atoms with E-state index in [0.29, 0.717) is 28.8 Å². The summed E-state index contributed by atoms with van der Waals surface area (Å²) in [5.41, 5.74) is 5.20. The minimum absolute atomic E-state index is 0.364. The van der Waals surface area contributed by atoms with Crippen LogP contribution in [0.25, 0.3) is 10.2 Å². The molecule has 0 saturated heterocycles. The van der Waals surface area contributed by atoms with E-state index in [2.05, 4.69) is 38.1 Å². The second-order valence-electron chi connectivity index (χ2n) is 6.37. The van der Waals surface area contributed by atoms with Crippen LogP contribution in [0, 0.1) is 3.57 Å². The highest BCUT2D eigenvalue weighted by atomic mass is 127. The fourth-order valence-electron chi connectivity index (χ4n) is 2.82. The molecule has 0 fully saturated rings. The molecule has 1 heterocycles. The van der Waals surface area contributed by atoms with Gasteiger partial charge in [-0.3, -0.25) is 5.43 Å². The van der Waals surface area contributed by atoms with E-state index in [0.717, 1.165) is 19.4 Å². The highest BCUT2D eigenvalue weighted by molar-refractivity contribution is 14.1. The van der Waals surface area contributed by atoms with Gasteiger partial charge in [0.2, 0.25) is 5.13 Å². The van der Waals surface area contributed by atoms with Crippen LogP contribution in [0.3, 0.4) is 0 Å². The molecule has 0 spiro atoms. The molecule has 3 aromatic carbocycles. The Hall–Kier alpha value is -2.98. The van der Waals surface area contributed by atoms with E-state index in [4.69, 9.17) is 9.47 Å². The first-order valence-corrected chi connectivity index (χ1v) is 11.4. The van der Waals surface area contributed by atoms with Gasteiger partial charge in [0.15, 0.2) is 11.5 Å². The van der Waals surface area contributed by atoms with Gasteiger partial charge < -0.3 is 9.47 Å². The first-order chi connectivity index (χ1) is 15.1. The number of halogens is 1. The highest BCUT2D eigenvalue weighted by Crippen LogP contribution is 2.30. The lowest BCUT2D eigenvalue weighted by atomic mass is 10.2. The molecule has 8 heteroatoms. The maximum Gasteiger partial charge on any atom is 0.344 e. The number of ether oxygens (including phenoxy) is 2. The Morgan fingerprint density at radius 2 is 1.94 bits per heavy atom. The van der Waals surface area contributed by atoms with Crippen LogP contribution < -0.4 is 14.9 Å². The van der Waals surface area contributed by atoms with Crippen LogP contribution in [0.2, 0.25) is 0 Å². The molecule has 4 rings (SSSR count). The van der Waals surface area contributed by atoms with Gasteiger partial charge in [-0.1, -0.05) is 35.6 Å². The van der Waals surface area contributed by atoms with Crippen molar-refractivity contribution in [3.8, 4) is 11.5 Å². The summed E-state index contributed by atoms with van der Waals surface area (Å²) in [7, 11) is 0. The zero-order chi connectivity index (χ0) is 21.6. The average Bonchev–Trinajstić information content (AvgIpc) is 3.19. The Balaban J connectivity index is 1.49. The van der Waals surface area contributed by atoms with Crippen molar-refractivity contribution in [3.05, 3.63) is 81.4 Å². The molecule has 0 aliphatic rings. The highest BCUT2D eigenvalue weighted by Gasteiger charge is 2.15. The fourth-order valence-corrected chi connectivity index (χ4v) is 4.24. The van der Waals surface area contributed by atoms with E-state index in [9.17, 15) is 4.79 Å². The number of thiazole rings is 1. The molecule has 0 saturated carbocycles. The molecule has 31 heavy (non-hydrogen) atoms. The number of carbonyl (C=O) groups is 1. The Kier molecular flexibility index (Phi) is 6.78. The number of rotatable bonds is 7. The molecule has 0 radical (unpaired) electrons. The number of hydrazone groups is 1. The predicted octanol–water partition coefficient (Wildman–Crippen LogP) is 5.96. The van der Waals surface area contributed by atoms with Gasteiger partial charge in [0.25, 0.3) is 0 Å². The number of aromatic nitrogens is 1. The van der Waals surface area contributed by atoms with Gasteiger partial charge in [0.1, 0.15) is 0 Å². The van der Waals surface area contributed by atoms with E-state index >= 15 is 0 Å². The number of carbonyl (C=O) groups excluding carboxylic acids is 1. The lowest BCUT2D eigenvalue weighted by Gasteiger charge is -2.12. The summed E-state index contributed by atoms with van der Waals surface area (Å²) in [6, 6.07) is 20.5. The van der Waals surface area contributed by atoms with Crippen LogP contribution in [0.5, 0.6) is 11.5 Å². The average molecular weight is 543 g/mol. The maximum atomic E-state index is 12.6. The van der Waals surface area contributed by atoms with Crippen LogP contribution in [0.1, 0.15) is 22.8 Å². The van der Waals surface area contributed by atoms with Crippen molar-refractivity contribution < 1.29 is 14.3 Å². The summed E-state index contributed by atoms with van der Waals surface area (Å²) in [5, 5.41) is 4.98. The standard InChI is InChI=1S/C23H18IN3O3S/c1-2-29-20-13-15(14-25-27-23-26-18-9-5-6-10-21(18)31-23)11-12-19(20)30-22(28)16-7-3-4-8-17(16)24/h3-14H,2H2,1H3,(H,26,27). The van der Waals surface area contributed by atoms with Gasteiger partial charge in [-0.05, 0) is 77.5 Å². The number of hydrogen-bond acceptors (Lipinski definition) is 7. The molecule has 0 unspecified atom stereocenters. The lowest BCUT2D eigenvalue weighted by Crippen LogP contribution is -2.11. The number of anilines is 1. The first kappa shape index (κ1) is 21.3. The van der Waals surface area contributed by atoms with Crippen molar-refractivity contribution in [3.63, 3.8) is 0 Å². The summed E-state index contributed by atoms with van der Waals surface area (Å²) in [5.74, 6) is 0.415. The zero-order valence-corrected chi connectivity index (χ0v) is 19.5. The normalized spacial score (nSPS) is 11.0. The van der Waals surface area contributed by atoms with Gasteiger partial charge in [-0.15, -0.1) is 0 Å². The SMILES string of the molecule is CCOc1cc(C=NNc2nc3ccccc3s2)ccc1OC(=O)c1ccccc1I. The topological polar surface area (TPSA) is 72.8 Å². The zero-order valence-electron chi connectivity index (χ0n) is 16.5. The summed E-state index contributed by atoms with van der Waals surface area (Å²) >= 11 is 3.65. The largest absolute Gasteiger partial charge is 0.490 e. The second-order valence-corrected chi connectivity index (χ2v) is 8.56. The fraction of sp³-hybridized carbons (Fsp3) is 0.0870. The smallest absolute Gasteiger partial charge is 0.344 e. The van der Waals surface area contributed by atoms with Crippen molar-refractivity contribution in [1.29, 1.82) is 0 Å². The van der Waals surface area contributed by atoms with Crippen LogP contribution in [0.15, 0.2) is 71.8 Å². The summed E-state index contributed by atoms with van der Waals surface area (Å²) in [6.07, 6.45) is 1.67. The Bertz CT molecular complexity index is 1220. The molecule has 4 aromatic rings. The number of benzene rings is 3. The summed E-state index contributed by atoms with van der Waals surface area (Å²) < 4.78 is 13.2. The molecular formula is C23H18IN3O3S. The maximum absolute atomic E-state index is 12.6. The monoisotopic (exact) mass is 543 g/mol. The van der Waals surface area contributed by atoms with Gasteiger partial charge in [-0.2, -0.15) is 5.10 Å². The van der Waals surface area contributed by atoms with Crippen LogP contribution in [-0.2, 0) is 0 Å². The van der Waals surface area contributed by atoms with Crippen LogP contribution in [0.4, 0.5) is 5.13 Å². The number of para-hydroxylation sites is 1. The van der Waals surface area contributed by atoms with Gasteiger partial charge in [0, 0.05) is 3.57 Å². The van der Waals surface area contributed by atoms with Crippen molar-refractivity contribution >= 4 is 61.5 Å². The molecule has 0 aliphatic heterocycles. The molecule has 1 aromatic heterocycles. The Morgan fingerprint density at radius 3 is 2.74 bits per heavy atom. The third kappa shape index (κ3) is 5.20. The Labute approximate surface area is 197 Å². The van der Waals surface area contributed by atoms with Gasteiger partial charge >= 0.3 is 5.97 Å². The number of hydrogen-bond donors (Lipinski definition) is 1. The van der Waals surface area contributed by atoms with Crippen molar-refractivity contribution in [2.75, 3.05) is 12.0 Å². The molecule has 0 bridgehead atoms. The van der Waals surface area contributed by atoms with Crippen molar-refractivity contribution in [1.82, 2.24) is 4.98 Å². The summed E-state index contributed by atoms with van der Waals surface area (Å²) in [4.78, 5) is 17.0. The van der Waals surface area contributed by atoms with E-state index in [1.165, 1.54) is 11.3 Å². The van der Waals surface area contributed by atoms with E-state index in [-0.39, 0.29) is 0 Å². The van der Waals surface area contributed by atoms with Crippen molar-refractivity contribution in [2.45, 2.75) is 6.92 Å².